The predicted octanol–water partition coefficient (Wildman–Crippen LogP) is 2.51. The van der Waals surface area contributed by atoms with Crippen LogP contribution in [0.25, 0.3) is 0 Å². The second-order valence-corrected chi connectivity index (χ2v) is 8.19. The van der Waals surface area contributed by atoms with E-state index >= 15 is 0 Å². The Hall–Kier alpha value is -3.14. The Bertz CT molecular complexity index is 1010. The summed E-state index contributed by atoms with van der Waals surface area (Å²) < 4.78 is 47.0. The number of nitrogens with zero attached hydrogens (tertiary/aromatic N) is 1. The monoisotopic (exact) mass is 438 g/mol. The summed E-state index contributed by atoms with van der Waals surface area (Å²) in [5.74, 6) is 1.15. The van der Waals surface area contributed by atoms with E-state index in [9.17, 15) is 13.2 Å². The highest BCUT2D eigenvalue weighted by molar-refractivity contribution is 7.92. The minimum atomic E-state index is -3.81. The molecule has 0 aliphatic carbocycles. The number of benzene rings is 2. The molecule has 0 heterocycles. The number of anilines is 2. The minimum Gasteiger partial charge on any atom is -0.497 e. The highest BCUT2D eigenvalue weighted by atomic mass is 32.2. The van der Waals surface area contributed by atoms with Gasteiger partial charge in [0.2, 0.25) is 15.9 Å². The van der Waals surface area contributed by atoms with Crippen molar-refractivity contribution in [1.82, 2.24) is 0 Å². The van der Waals surface area contributed by atoms with Crippen molar-refractivity contribution in [2.75, 3.05) is 44.3 Å². The summed E-state index contributed by atoms with van der Waals surface area (Å²) in [7, 11) is 2.07. The first-order valence-corrected chi connectivity index (χ1v) is 10.7. The molecule has 0 spiro atoms. The van der Waals surface area contributed by atoms with Crippen molar-refractivity contribution < 1.29 is 32.2 Å². The average molecular weight is 439 g/mol. The van der Waals surface area contributed by atoms with Crippen LogP contribution >= 0.6 is 0 Å². The Morgan fingerprint density at radius 3 is 2.03 bits per heavy atom. The van der Waals surface area contributed by atoms with Crippen molar-refractivity contribution in [3.63, 3.8) is 0 Å². The van der Waals surface area contributed by atoms with Gasteiger partial charge < -0.3 is 24.3 Å². The summed E-state index contributed by atoms with van der Waals surface area (Å²) in [6, 6.07) is 8.45. The Labute approximate surface area is 176 Å². The molecule has 0 aliphatic rings. The molecule has 0 unspecified atom stereocenters. The van der Waals surface area contributed by atoms with Crippen LogP contribution in [0.2, 0.25) is 0 Å². The van der Waals surface area contributed by atoms with E-state index in [0.717, 1.165) is 10.6 Å². The number of rotatable bonds is 9. The van der Waals surface area contributed by atoms with Gasteiger partial charge in [-0.05, 0) is 31.2 Å². The molecule has 0 radical (unpaired) electrons. The smallest absolute Gasteiger partial charge is 0.248 e. The van der Waals surface area contributed by atoms with Crippen LogP contribution in [-0.2, 0) is 14.8 Å². The molecule has 2 aromatic carbocycles. The molecule has 0 fully saturated rings. The Balaban J connectivity index is 2.41. The number of hydrogen-bond acceptors (Lipinski definition) is 7. The highest BCUT2D eigenvalue weighted by Gasteiger charge is 2.30. The molecule has 30 heavy (non-hydrogen) atoms. The third-order valence-electron chi connectivity index (χ3n) is 4.37. The summed E-state index contributed by atoms with van der Waals surface area (Å²) >= 11 is 0. The van der Waals surface area contributed by atoms with E-state index in [4.69, 9.17) is 18.9 Å². The zero-order valence-corrected chi connectivity index (χ0v) is 18.6. The van der Waals surface area contributed by atoms with Gasteiger partial charge in [-0.15, -0.1) is 0 Å². The molecule has 164 valence electrons. The number of nitrogens with one attached hydrogen (secondary N) is 1. The Kier molecular flexibility index (Phi) is 7.38. The van der Waals surface area contributed by atoms with Crippen LogP contribution in [0.1, 0.15) is 6.92 Å². The van der Waals surface area contributed by atoms with Crippen LogP contribution in [0.5, 0.6) is 23.0 Å². The van der Waals surface area contributed by atoms with Crippen molar-refractivity contribution in [2.24, 2.45) is 0 Å². The van der Waals surface area contributed by atoms with Gasteiger partial charge in [-0.3, -0.25) is 9.10 Å². The van der Waals surface area contributed by atoms with Gasteiger partial charge in [-0.1, -0.05) is 0 Å². The van der Waals surface area contributed by atoms with Crippen molar-refractivity contribution >= 4 is 27.3 Å². The molecule has 0 aliphatic heterocycles. The Morgan fingerprint density at radius 2 is 1.50 bits per heavy atom. The number of sulfonamides is 1. The lowest BCUT2D eigenvalue weighted by Crippen LogP contribution is -2.45. The molecular weight excluding hydrogens is 412 g/mol. The molecule has 1 N–H and O–H groups in total. The summed E-state index contributed by atoms with van der Waals surface area (Å²) in [6.07, 6.45) is 1.03. The van der Waals surface area contributed by atoms with Crippen molar-refractivity contribution in [3.05, 3.63) is 36.4 Å². The molecule has 2 rings (SSSR count). The van der Waals surface area contributed by atoms with Gasteiger partial charge in [0, 0.05) is 12.1 Å². The molecule has 0 saturated carbocycles. The minimum absolute atomic E-state index is 0.260. The maximum absolute atomic E-state index is 12.9. The van der Waals surface area contributed by atoms with Crippen molar-refractivity contribution in [1.29, 1.82) is 0 Å². The fourth-order valence-electron chi connectivity index (χ4n) is 2.92. The van der Waals surface area contributed by atoms with Crippen LogP contribution in [-0.4, -0.2) is 55.1 Å². The van der Waals surface area contributed by atoms with Gasteiger partial charge in [0.05, 0.1) is 46.1 Å². The van der Waals surface area contributed by atoms with Gasteiger partial charge in [0.1, 0.15) is 17.5 Å². The van der Waals surface area contributed by atoms with Gasteiger partial charge in [0.25, 0.3) is 0 Å². The summed E-state index contributed by atoms with van der Waals surface area (Å²) in [6.45, 7) is 1.49. The first-order valence-electron chi connectivity index (χ1n) is 8.90. The van der Waals surface area contributed by atoms with Gasteiger partial charge in [-0.25, -0.2) is 8.42 Å². The lowest BCUT2D eigenvalue weighted by atomic mass is 10.2. The highest BCUT2D eigenvalue weighted by Crippen LogP contribution is 2.34. The zero-order valence-electron chi connectivity index (χ0n) is 17.8. The average Bonchev–Trinajstić information content (AvgIpc) is 2.72. The van der Waals surface area contributed by atoms with Crippen LogP contribution in [0.3, 0.4) is 0 Å². The fraction of sp³-hybridized carbons (Fsp3) is 0.350. The lowest BCUT2D eigenvalue weighted by Gasteiger charge is -2.29. The number of ether oxygens (including phenoxy) is 4. The topological polar surface area (TPSA) is 103 Å². The first kappa shape index (κ1) is 23.1. The van der Waals surface area contributed by atoms with Crippen LogP contribution in [0.4, 0.5) is 11.4 Å². The second kappa shape index (κ2) is 9.57. The molecule has 9 nitrogen and oxygen atoms in total. The van der Waals surface area contributed by atoms with E-state index in [2.05, 4.69) is 5.32 Å². The van der Waals surface area contributed by atoms with E-state index in [-0.39, 0.29) is 5.69 Å². The number of methoxy groups -OCH3 is 4. The van der Waals surface area contributed by atoms with E-state index < -0.39 is 22.0 Å². The molecule has 10 heteroatoms. The third-order valence-corrected chi connectivity index (χ3v) is 5.62. The van der Waals surface area contributed by atoms with Crippen molar-refractivity contribution in [2.45, 2.75) is 13.0 Å². The van der Waals surface area contributed by atoms with E-state index in [1.807, 2.05) is 0 Å². The van der Waals surface area contributed by atoms with Gasteiger partial charge in [0.15, 0.2) is 11.5 Å². The number of amides is 1. The van der Waals surface area contributed by atoms with Crippen LogP contribution in [0.15, 0.2) is 36.4 Å². The molecule has 0 bridgehead atoms. The molecular formula is C20H26N2O7S. The molecule has 0 aromatic heterocycles. The maximum atomic E-state index is 12.9. The van der Waals surface area contributed by atoms with E-state index in [1.54, 1.807) is 24.3 Å². The molecule has 1 amide bonds. The van der Waals surface area contributed by atoms with Gasteiger partial charge in [-0.2, -0.15) is 0 Å². The normalized spacial score (nSPS) is 11.9. The van der Waals surface area contributed by atoms with Gasteiger partial charge >= 0.3 is 0 Å². The fourth-order valence-corrected chi connectivity index (χ4v) is 4.09. The summed E-state index contributed by atoms with van der Waals surface area (Å²) in [5, 5.41) is 2.70. The predicted molar refractivity (Wildman–Crippen MR) is 115 cm³/mol. The Morgan fingerprint density at radius 1 is 0.900 bits per heavy atom. The number of carbonyl (C=O) groups is 1. The van der Waals surface area contributed by atoms with E-state index in [1.165, 1.54) is 47.5 Å². The second-order valence-electron chi connectivity index (χ2n) is 6.33. The maximum Gasteiger partial charge on any atom is 0.248 e. The molecule has 2 aromatic rings. The number of hydrogen-bond donors (Lipinski definition) is 1. The lowest BCUT2D eigenvalue weighted by molar-refractivity contribution is -0.116. The molecule has 1 atom stereocenters. The summed E-state index contributed by atoms with van der Waals surface area (Å²) in [5.41, 5.74) is 0.616. The first-order chi connectivity index (χ1) is 14.2. The van der Waals surface area contributed by atoms with Crippen molar-refractivity contribution in [3.8, 4) is 23.0 Å². The largest absolute Gasteiger partial charge is 0.497 e. The summed E-state index contributed by atoms with van der Waals surface area (Å²) in [4.78, 5) is 12.9. The number of carbonyl (C=O) groups excluding carboxylic acids is 1. The zero-order chi connectivity index (χ0) is 22.5. The third kappa shape index (κ3) is 5.07. The standard InChI is InChI=1S/C20H26N2O7S/c1-13(20(23)21-16-12-15(26-2)8-10-17(16)27-3)22(30(6,24)25)14-7-9-18(28-4)19(11-14)29-5/h7-13H,1-6H3,(H,21,23)/t13-/m1/s1. The van der Waals surface area contributed by atoms with Crippen LogP contribution in [0, 0.1) is 0 Å². The van der Waals surface area contributed by atoms with E-state index in [0.29, 0.717) is 28.7 Å². The van der Waals surface area contributed by atoms with Crippen LogP contribution < -0.4 is 28.6 Å². The quantitative estimate of drug-likeness (QED) is 0.642. The SMILES string of the molecule is COc1ccc(OC)c(NC(=O)[C@@H](C)N(c2ccc(OC)c(OC)c2)S(C)(=O)=O)c1. The molecule has 0 saturated heterocycles.